The summed E-state index contributed by atoms with van der Waals surface area (Å²) in [5, 5.41) is 4.12. The second-order valence-corrected chi connectivity index (χ2v) is 5.03. The van der Waals surface area contributed by atoms with E-state index in [9.17, 15) is 0 Å². The van der Waals surface area contributed by atoms with Gasteiger partial charge in [-0.1, -0.05) is 19.0 Å². The lowest BCUT2D eigenvalue weighted by atomic mass is 10.0. The van der Waals surface area contributed by atoms with E-state index in [1.165, 1.54) is 6.42 Å². The Bertz CT molecular complexity index is 322. The first kappa shape index (κ1) is 10.7. The number of hydrogen-bond donors (Lipinski definition) is 0. The Morgan fingerprint density at radius 3 is 2.73 bits per heavy atom. The van der Waals surface area contributed by atoms with Gasteiger partial charge in [0.05, 0.1) is 5.69 Å². The molecule has 15 heavy (non-hydrogen) atoms. The second-order valence-electron chi connectivity index (χ2n) is 5.03. The maximum Gasteiger partial charge on any atom is 0.141 e. The maximum atomic E-state index is 5.43. The molecule has 0 saturated carbocycles. The van der Waals surface area contributed by atoms with Crippen LogP contribution in [0.15, 0.2) is 10.6 Å². The van der Waals surface area contributed by atoms with Gasteiger partial charge >= 0.3 is 0 Å². The fraction of sp³-hybridized carbons (Fsp3) is 0.750. The predicted octanol–water partition coefficient (Wildman–Crippen LogP) is 2.61. The summed E-state index contributed by atoms with van der Waals surface area (Å²) in [6.45, 7) is 7.64. The van der Waals surface area contributed by atoms with Crippen molar-refractivity contribution < 1.29 is 4.52 Å². The van der Waals surface area contributed by atoms with Crippen LogP contribution in [0, 0.1) is 0 Å². The third-order valence-corrected chi connectivity index (χ3v) is 3.43. The lowest BCUT2D eigenvalue weighted by Crippen LogP contribution is -2.21. The average Bonchev–Trinajstić information content (AvgIpc) is 2.74. The summed E-state index contributed by atoms with van der Waals surface area (Å²) >= 11 is 0. The zero-order valence-electron chi connectivity index (χ0n) is 10.0. The molecule has 0 amide bonds. The summed E-state index contributed by atoms with van der Waals surface area (Å²) in [5.41, 5.74) is 1.08. The van der Waals surface area contributed by atoms with Gasteiger partial charge in [-0.25, -0.2) is 0 Å². The van der Waals surface area contributed by atoms with E-state index in [1.54, 1.807) is 0 Å². The van der Waals surface area contributed by atoms with Crippen molar-refractivity contribution in [2.75, 3.05) is 13.6 Å². The lowest BCUT2D eigenvalue weighted by Gasteiger charge is -2.12. The minimum Gasteiger partial charge on any atom is -0.361 e. The quantitative estimate of drug-likeness (QED) is 0.748. The molecule has 1 aromatic heterocycles. The van der Waals surface area contributed by atoms with Gasteiger partial charge in [0.2, 0.25) is 0 Å². The standard InChI is InChI=1S/C12H20N2O/c1-8(2)11-6-12(15-13-11)10-5-9(3)14(4)7-10/h6,8-10H,5,7H2,1-4H3. The molecule has 0 spiro atoms. The van der Waals surface area contributed by atoms with Crippen molar-refractivity contribution in [2.24, 2.45) is 0 Å². The summed E-state index contributed by atoms with van der Waals surface area (Å²) in [7, 11) is 2.17. The van der Waals surface area contributed by atoms with Crippen LogP contribution in [0.5, 0.6) is 0 Å². The Morgan fingerprint density at radius 2 is 2.27 bits per heavy atom. The van der Waals surface area contributed by atoms with Gasteiger partial charge in [-0.15, -0.1) is 0 Å². The highest BCUT2D eigenvalue weighted by Gasteiger charge is 2.30. The molecule has 2 unspecified atom stereocenters. The Labute approximate surface area is 91.4 Å². The third kappa shape index (κ3) is 2.07. The van der Waals surface area contributed by atoms with Crippen LogP contribution in [-0.2, 0) is 0 Å². The van der Waals surface area contributed by atoms with Gasteiger partial charge in [-0.05, 0) is 26.3 Å². The van der Waals surface area contributed by atoms with Crippen molar-refractivity contribution in [3.63, 3.8) is 0 Å². The normalized spacial score (nSPS) is 27.8. The summed E-state index contributed by atoms with van der Waals surface area (Å²) in [6, 6.07) is 2.78. The highest BCUT2D eigenvalue weighted by molar-refractivity contribution is 5.14. The number of rotatable bonds is 2. The Morgan fingerprint density at radius 1 is 1.53 bits per heavy atom. The van der Waals surface area contributed by atoms with E-state index in [4.69, 9.17) is 4.52 Å². The highest BCUT2D eigenvalue weighted by atomic mass is 16.5. The van der Waals surface area contributed by atoms with E-state index in [-0.39, 0.29) is 0 Å². The van der Waals surface area contributed by atoms with Crippen LogP contribution in [0.2, 0.25) is 0 Å². The molecule has 3 heteroatoms. The molecule has 0 aromatic carbocycles. The SMILES string of the molecule is CC(C)c1cc(C2CC(C)N(C)C2)on1. The maximum absolute atomic E-state index is 5.43. The Hall–Kier alpha value is -0.830. The van der Waals surface area contributed by atoms with Gasteiger partial charge in [-0.2, -0.15) is 0 Å². The number of nitrogens with zero attached hydrogens (tertiary/aromatic N) is 2. The van der Waals surface area contributed by atoms with E-state index in [0.29, 0.717) is 17.9 Å². The molecule has 2 rings (SSSR count). The minimum atomic E-state index is 0.457. The number of hydrogen-bond acceptors (Lipinski definition) is 3. The molecular formula is C12H20N2O. The smallest absolute Gasteiger partial charge is 0.141 e. The van der Waals surface area contributed by atoms with Gasteiger partial charge in [0.15, 0.2) is 0 Å². The fourth-order valence-corrected chi connectivity index (χ4v) is 2.17. The van der Waals surface area contributed by atoms with Crippen LogP contribution in [0.25, 0.3) is 0 Å². The second kappa shape index (κ2) is 3.97. The monoisotopic (exact) mass is 208 g/mol. The van der Waals surface area contributed by atoms with Gasteiger partial charge < -0.3 is 9.42 Å². The zero-order chi connectivity index (χ0) is 11.0. The molecule has 2 atom stereocenters. The molecule has 1 aromatic rings. The van der Waals surface area contributed by atoms with E-state index in [0.717, 1.165) is 18.0 Å². The fourth-order valence-electron chi connectivity index (χ4n) is 2.17. The van der Waals surface area contributed by atoms with E-state index < -0.39 is 0 Å². The molecule has 1 saturated heterocycles. The summed E-state index contributed by atoms with van der Waals surface area (Å²) in [6.07, 6.45) is 1.18. The molecule has 1 fully saturated rings. The summed E-state index contributed by atoms with van der Waals surface area (Å²) in [5.74, 6) is 2.05. The molecule has 2 heterocycles. The minimum absolute atomic E-state index is 0.457. The first-order valence-electron chi connectivity index (χ1n) is 5.74. The van der Waals surface area contributed by atoms with E-state index in [2.05, 4.69) is 43.9 Å². The van der Waals surface area contributed by atoms with Gasteiger partial charge in [0.25, 0.3) is 0 Å². The molecule has 0 bridgehead atoms. The first-order valence-corrected chi connectivity index (χ1v) is 5.74. The van der Waals surface area contributed by atoms with Crippen LogP contribution in [0.1, 0.15) is 50.5 Å². The predicted molar refractivity (Wildman–Crippen MR) is 60.0 cm³/mol. The Balaban J connectivity index is 2.10. The number of aromatic nitrogens is 1. The molecule has 1 aliphatic rings. The summed E-state index contributed by atoms with van der Waals surface area (Å²) in [4.78, 5) is 2.38. The van der Waals surface area contributed by atoms with Crippen molar-refractivity contribution in [2.45, 2.75) is 45.1 Å². The first-order chi connectivity index (χ1) is 7.08. The molecule has 84 valence electrons. The van der Waals surface area contributed by atoms with E-state index in [1.807, 2.05) is 0 Å². The van der Waals surface area contributed by atoms with Crippen molar-refractivity contribution in [3.05, 3.63) is 17.5 Å². The van der Waals surface area contributed by atoms with Crippen molar-refractivity contribution in [1.82, 2.24) is 10.1 Å². The van der Waals surface area contributed by atoms with E-state index >= 15 is 0 Å². The van der Waals surface area contributed by atoms with Crippen LogP contribution in [0.3, 0.4) is 0 Å². The van der Waals surface area contributed by atoms with Crippen LogP contribution >= 0.6 is 0 Å². The third-order valence-electron chi connectivity index (χ3n) is 3.43. The van der Waals surface area contributed by atoms with Crippen molar-refractivity contribution in [3.8, 4) is 0 Å². The highest BCUT2D eigenvalue weighted by Crippen LogP contribution is 2.31. The van der Waals surface area contributed by atoms with Gasteiger partial charge in [-0.3, -0.25) is 0 Å². The average molecular weight is 208 g/mol. The molecule has 0 radical (unpaired) electrons. The van der Waals surface area contributed by atoms with Crippen LogP contribution in [0.4, 0.5) is 0 Å². The molecule has 3 nitrogen and oxygen atoms in total. The van der Waals surface area contributed by atoms with Crippen molar-refractivity contribution in [1.29, 1.82) is 0 Å². The van der Waals surface area contributed by atoms with Crippen molar-refractivity contribution >= 4 is 0 Å². The lowest BCUT2D eigenvalue weighted by molar-refractivity contribution is 0.321. The molecule has 1 aliphatic heterocycles. The van der Waals surface area contributed by atoms with Crippen LogP contribution in [-0.4, -0.2) is 29.7 Å². The topological polar surface area (TPSA) is 29.3 Å². The van der Waals surface area contributed by atoms with Gasteiger partial charge in [0.1, 0.15) is 5.76 Å². The zero-order valence-corrected chi connectivity index (χ0v) is 10.0. The van der Waals surface area contributed by atoms with Crippen LogP contribution < -0.4 is 0 Å². The summed E-state index contributed by atoms with van der Waals surface area (Å²) < 4.78 is 5.43. The number of likely N-dealkylation sites (N-methyl/N-ethyl adjacent to an activating group) is 1. The Kier molecular flexibility index (Phi) is 2.83. The largest absolute Gasteiger partial charge is 0.361 e. The molecule has 0 aliphatic carbocycles. The molecule has 0 N–H and O–H groups in total. The van der Waals surface area contributed by atoms with Gasteiger partial charge in [0, 0.05) is 24.6 Å². The molecular weight excluding hydrogens is 188 g/mol. The number of likely N-dealkylation sites (tertiary alicyclic amines) is 1.